The molecule has 0 saturated heterocycles. The normalized spacial score (nSPS) is 15.5. The summed E-state index contributed by atoms with van der Waals surface area (Å²) in [7, 11) is 1.61. The van der Waals surface area contributed by atoms with Gasteiger partial charge >= 0.3 is 0 Å². The maximum absolute atomic E-state index is 5.99. The molecule has 0 unspecified atom stereocenters. The number of benzene rings is 1. The van der Waals surface area contributed by atoms with Crippen LogP contribution in [0, 0.1) is 5.92 Å². The maximum Gasteiger partial charge on any atom is 0.165 e. The quantitative estimate of drug-likeness (QED) is 0.747. The summed E-state index contributed by atoms with van der Waals surface area (Å²) in [4.78, 5) is 0. The van der Waals surface area contributed by atoms with Crippen molar-refractivity contribution in [2.75, 3.05) is 13.7 Å². The lowest BCUT2D eigenvalue weighted by atomic mass is 9.86. The van der Waals surface area contributed by atoms with Crippen molar-refractivity contribution in [3.05, 3.63) is 22.7 Å². The molecule has 2 nitrogen and oxygen atoms in total. The summed E-state index contributed by atoms with van der Waals surface area (Å²) in [6.45, 7) is 0.738. The Kier molecular flexibility index (Phi) is 4.41. The van der Waals surface area contributed by atoms with Gasteiger partial charge in [-0.15, -0.1) is 11.6 Å². The summed E-state index contributed by atoms with van der Waals surface area (Å²) in [5.41, 5.74) is 0.885. The monoisotopic (exact) mass is 274 g/mol. The Balaban J connectivity index is 2.16. The van der Waals surface area contributed by atoms with Gasteiger partial charge in [0.1, 0.15) is 0 Å². The van der Waals surface area contributed by atoms with E-state index in [2.05, 4.69) is 0 Å². The highest BCUT2D eigenvalue weighted by Gasteiger charge is 2.20. The molecule has 1 fully saturated rings. The van der Waals surface area contributed by atoms with Gasteiger partial charge in [0, 0.05) is 16.7 Å². The van der Waals surface area contributed by atoms with Crippen LogP contribution in [0.1, 0.15) is 24.8 Å². The molecule has 0 heterocycles. The van der Waals surface area contributed by atoms with E-state index in [1.54, 1.807) is 13.2 Å². The molecule has 0 aliphatic heterocycles. The maximum atomic E-state index is 5.99. The first-order chi connectivity index (χ1) is 8.24. The lowest BCUT2D eigenvalue weighted by Crippen LogP contribution is -2.19. The van der Waals surface area contributed by atoms with E-state index in [0.29, 0.717) is 22.6 Å². The van der Waals surface area contributed by atoms with Gasteiger partial charge < -0.3 is 9.47 Å². The van der Waals surface area contributed by atoms with Gasteiger partial charge in [-0.05, 0) is 24.8 Å². The molecule has 0 aromatic heterocycles. The summed E-state index contributed by atoms with van der Waals surface area (Å²) < 4.78 is 11.1. The predicted molar refractivity (Wildman–Crippen MR) is 70.4 cm³/mol. The number of rotatable bonds is 5. The fourth-order valence-corrected chi connectivity index (χ4v) is 2.33. The zero-order valence-corrected chi connectivity index (χ0v) is 11.4. The van der Waals surface area contributed by atoms with Gasteiger partial charge in [-0.2, -0.15) is 0 Å². The summed E-state index contributed by atoms with van der Waals surface area (Å²) >= 11 is 11.9. The molecule has 0 N–H and O–H groups in total. The fraction of sp³-hybridized carbons (Fsp3) is 0.538. The highest BCUT2D eigenvalue weighted by molar-refractivity contribution is 6.31. The zero-order valence-electron chi connectivity index (χ0n) is 9.84. The highest BCUT2D eigenvalue weighted by atomic mass is 35.5. The first-order valence-electron chi connectivity index (χ1n) is 5.79. The van der Waals surface area contributed by atoms with Crippen LogP contribution in [0.3, 0.4) is 0 Å². The Hall–Kier alpha value is -0.600. The second-order valence-electron chi connectivity index (χ2n) is 4.34. The van der Waals surface area contributed by atoms with Crippen LogP contribution in [0.25, 0.3) is 0 Å². The third-order valence-corrected chi connectivity index (χ3v) is 3.65. The van der Waals surface area contributed by atoms with Crippen molar-refractivity contribution in [2.24, 2.45) is 5.92 Å². The Bertz CT molecular complexity index is 364. The Labute approximate surface area is 112 Å². The van der Waals surface area contributed by atoms with Gasteiger partial charge in [-0.1, -0.05) is 18.0 Å². The van der Waals surface area contributed by atoms with Crippen LogP contribution in [0.4, 0.5) is 0 Å². The molecular formula is C13H16Cl2O2. The minimum absolute atomic E-state index is 0.372. The Morgan fingerprint density at radius 2 is 2.12 bits per heavy atom. The molecule has 0 bridgehead atoms. The van der Waals surface area contributed by atoms with Crippen LogP contribution >= 0.6 is 23.2 Å². The minimum atomic E-state index is 0.372. The lowest BCUT2D eigenvalue weighted by molar-refractivity contribution is 0.175. The van der Waals surface area contributed by atoms with E-state index in [4.69, 9.17) is 32.7 Å². The number of ether oxygens (including phenoxy) is 2. The van der Waals surface area contributed by atoms with Gasteiger partial charge in [-0.25, -0.2) is 0 Å². The number of methoxy groups -OCH3 is 1. The topological polar surface area (TPSA) is 18.5 Å². The molecular weight excluding hydrogens is 259 g/mol. The van der Waals surface area contributed by atoms with Crippen molar-refractivity contribution in [3.63, 3.8) is 0 Å². The van der Waals surface area contributed by atoms with Crippen molar-refractivity contribution in [2.45, 2.75) is 25.1 Å². The summed E-state index contributed by atoms with van der Waals surface area (Å²) in [5.74, 6) is 2.45. The Morgan fingerprint density at radius 1 is 1.35 bits per heavy atom. The van der Waals surface area contributed by atoms with Crippen molar-refractivity contribution in [1.82, 2.24) is 0 Å². The van der Waals surface area contributed by atoms with E-state index in [0.717, 1.165) is 17.9 Å². The van der Waals surface area contributed by atoms with Gasteiger partial charge in [-0.3, -0.25) is 0 Å². The second kappa shape index (κ2) is 5.83. The highest BCUT2D eigenvalue weighted by Crippen LogP contribution is 2.37. The fourth-order valence-electron chi connectivity index (χ4n) is 1.90. The zero-order chi connectivity index (χ0) is 12.3. The van der Waals surface area contributed by atoms with Crippen molar-refractivity contribution in [1.29, 1.82) is 0 Å². The van der Waals surface area contributed by atoms with Crippen LogP contribution < -0.4 is 9.47 Å². The summed E-state index contributed by atoms with van der Waals surface area (Å²) in [5, 5.41) is 0.619. The molecule has 0 atom stereocenters. The number of hydrogen-bond donors (Lipinski definition) is 0. The number of halogens is 2. The van der Waals surface area contributed by atoms with E-state index in [9.17, 15) is 0 Å². The van der Waals surface area contributed by atoms with Crippen LogP contribution in [0.15, 0.2) is 12.1 Å². The summed E-state index contributed by atoms with van der Waals surface area (Å²) in [6, 6.07) is 3.58. The number of alkyl halides is 1. The third-order valence-electron chi connectivity index (χ3n) is 3.15. The molecule has 1 aliphatic carbocycles. The molecule has 4 heteroatoms. The van der Waals surface area contributed by atoms with Crippen LogP contribution in [-0.2, 0) is 5.88 Å². The van der Waals surface area contributed by atoms with Gasteiger partial charge in [0.2, 0.25) is 0 Å². The van der Waals surface area contributed by atoms with Crippen LogP contribution in [-0.4, -0.2) is 13.7 Å². The molecule has 1 saturated carbocycles. The van der Waals surface area contributed by atoms with Gasteiger partial charge in [0.15, 0.2) is 11.5 Å². The van der Waals surface area contributed by atoms with E-state index in [-0.39, 0.29) is 0 Å². The molecule has 2 rings (SSSR count). The first-order valence-corrected chi connectivity index (χ1v) is 6.71. The van der Waals surface area contributed by atoms with Gasteiger partial charge in [0.25, 0.3) is 0 Å². The molecule has 17 heavy (non-hydrogen) atoms. The SMILES string of the molecule is COc1cc(Cl)cc(CCl)c1OCC1CCC1. The van der Waals surface area contributed by atoms with E-state index < -0.39 is 0 Å². The molecule has 1 aromatic carbocycles. The molecule has 0 spiro atoms. The van der Waals surface area contributed by atoms with Gasteiger partial charge in [0.05, 0.1) is 19.6 Å². The lowest BCUT2D eigenvalue weighted by Gasteiger charge is -2.26. The van der Waals surface area contributed by atoms with E-state index >= 15 is 0 Å². The second-order valence-corrected chi connectivity index (χ2v) is 5.04. The minimum Gasteiger partial charge on any atom is -0.493 e. The smallest absolute Gasteiger partial charge is 0.165 e. The van der Waals surface area contributed by atoms with Crippen molar-refractivity contribution >= 4 is 23.2 Å². The molecule has 0 amide bonds. The third kappa shape index (κ3) is 2.99. The predicted octanol–water partition coefficient (Wildman–Crippen LogP) is 4.27. The van der Waals surface area contributed by atoms with Crippen LogP contribution in [0.5, 0.6) is 11.5 Å². The molecule has 0 radical (unpaired) electrons. The molecule has 94 valence electrons. The first kappa shape index (κ1) is 12.8. The van der Waals surface area contributed by atoms with E-state index in [1.807, 2.05) is 6.07 Å². The number of hydrogen-bond acceptors (Lipinski definition) is 2. The summed E-state index contributed by atoms with van der Waals surface area (Å²) in [6.07, 6.45) is 3.83. The average Bonchev–Trinajstić information content (AvgIpc) is 2.27. The molecule has 1 aromatic rings. The van der Waals surface area contributed by atoms with E-state index in [1.165, 1.54) is 19.3 Å². The average molecular weight is 275 g/mol. The Morgan fingerprint density at radius 3 is 2.65 bits per heavy atom. The van der Waals surface area contributed by atoms with Crippen molar-refractivity contribution in [3.8, 4) is 11.5 Å². The largest absolute Gasteiger partial charge is 0.493 e. The van der Waals surface area contributed by atoms with Crippen LogP contribution in [0.2, 0.25) is 5.02 Å². The standard InChI is InChI=1S/C13H16Cl2O2/c1-16-12-6-11(15)5-10(7-14)13(12)17-8-9-3-2-4-9/h5-6,9H,2-4,7-8H2,1H3. The molecule has 1 aliphatic rings. The van der Waals surface area contributed by atoms with Crippen molar-refractivity contribution < 1.29 is 9.47 Å².